The highest BCUT2D eigenvalue weighted by Crippen LogP contribution is 2.30. The van der Waals surface area contributed by atoms with Crippen LogP contribution in [0.25, 0.3) is 17.0 Å². The maximum atomic E-state index is 12.6. The van der Waals surface area contributed by atoms with Crippen LogP contribution in [0, 0.1) is 6.92 Å². The number of carbonyl (C=O) groups is 1. The van der Waals surface area contributed by atoms with Gasteiger partial charge < -0.3 is 20.1 Å². The van der Waals surface area contributed by atoms with Crippen LogP contribution in [-0.4, -0.2) is 34.6 Å². The van der Waals surface area contributed by atoms with Crippen LogP contribution in [0.2, 0.25) is 0 Å². The lowest BCUT2D eigenvalue weighted by Gasteiger charge is -2.13. The first-order valence-corrected chi connectivity index (χ1v) is 9.28. The van der Waals surface area contributed by atoms with Crippen LogP contribution in [-0.2, 0) is 0 Å². The van der Waals surface area contributed by atoms with Gasteiger partial charge in [-0.2, -0.15) is 0 Å². The Balaban J connectivity index is 1.54. The number of aromatic nitrogens is 3. The number of carbonyl (C=O) groups excluding carboxylic acids is 1. The average molecular weight is 403 g/mol. The number of anilines is 2. The Bertz CT molecular complexity index is 1190. The number of imidazole rings is 1. The van der Waals surface area contributed by atoms with E-state index in [4.69, 9.17) is 9.47 Å². The van der Waals surface area contributed by atoms with E-state index in [1.165, 1.54) is 0 Å². The van der Waals surface area contributed by atoms with E-state index in [1.54, 1.807) is 38.6 Å². The molecule has 2 N–H and O–H groups in total. The second kappa shape index (κ2) is 8.12. The summed E-state index contributed by atoms with van der Waals surface area (Å²) >= 11 is 0. The Hall–Kier alpha value is -4.07. The summed E-state index contributed by atoms with van der Waals surface area (Å²) in [5.74, 6) is 1.75. The maximum Gasteiger partial charge on any atom is 0.323 e. The highest BCUT2D eigenvalue weighted by molar-refractivity contribution is 6.00. The van der Waals surface area contributed by atoms with Gasteiger partial charge in [-0.3, -0.25) is 4.40 Å². The van der Waals surface area contributed by atoms with Crippen molar-refractivity contribution in [3.63, 3.8) is 0 Å². The van der Waals surface area contributed by atoms with Crippen LogP contribution in [0.5, 0.6) is 11.5 Å². The second-order valence-electron chi connectivity index (χ2n) is 6.63. The molecule has 8 nitrogen and oxygen atoms in total. The van der Waals surface area contributed by atoms with E-state index in [2.05, 4.69) is 20.6 Å². The van der Waals surface area contributed by atoms with E-state index < -0.39 is 0 Å². The summed E-state index contributed by atoms with van der Waals surface area (Å²) in [6, 6.07) is 12.5. The first-order chi connectivity index (χ1) is 14.6. The second-order valence-corrected chi connectivity index (χ2v) is 6.63. The molecule has 2 amide bonds. The molecular weight excluding hydrogens is 382 g/mol. The van der Waals surface area contributed by atoms with Crippen molar-refractivity contribution in [3.8, 4) is 22.8 Å². The van der Waals surface area contributed by atoms with Crippen molar-refractivity contribution in [2.45, 2.75) is 6.92 Å². The molecule has 0 saturated heterocycles. The molecule has 8 heteroatoms. The van der Waals surface area contributed by atoms with Crippen molar-refractivity contribution >= 4 is 23.2 Å². The minimum atomic E-state index is -0.362. The highest BCUT2D eigenvalue weighted by atomic mass is 16.5. The highest BCUT2D eigenvalue weighted by Gasteiger charge is 2.11. The first kappa shape index (κ1) is 19.3. The molecule has 0 atom stereocenters. The van der Waals surface area contributed by atoms with Gasteiger partial charge in [0.1, 0.15) is 0 Å². The predicted molar refractivity (Wildman–Crippen MR) is 115 cm³/mol. The van der Waals surface area contributed by atoms with Gasteiger partial charge in [0.05, 0.1) is 19.9 Å². The van der Waals surface area contributed by atoms with Gasteiger partial charge in [0.15, 0.2) is 11.5 Å². The number of fused-ring (bicyclic) bond motifs is 1. The van der Waals surface area contributed by atoms with Crippen molar-refractivity contribution in [2.24, 2.45) is 0 Å². The topological polar surface area (TPSA) is 89.8 Å². The van der Waals surface area contributed by atoms with Crippen LogP contribution in [0.4, 0.5) is 16.2 Å². The summed E-state index contributed by atoms with van der Waals surface area (Å²) in [6.07, 6.45) is 5.50. The molecule has 0 bridgehead atoms. The van der Waals surface area contributed by atoms with Crippen molar-refractivity contribution < 1.29 is 14.3 Å². The number of ether oxygens (including phenoxy) is 2. The van der Waals surface area contributed by atoms with Crippen LogP contribution < -0.4 is 20.1 Å². The molecule has 0 aliphatic carbocycles. The summed E-state index contributed by atoms with van der Waals surface area (Å²) in [5.41, 5.74) is 3.87. The van der Waals surface area contributed by atoms with Crippen molar-refractivity contribution in [3.05, 3.63) is 66.6 Å². The summed E-state index contributed by atoms with van der Waals surface area (Å²) in [4.78, 5) is 21.3. The van der Waals surface area contributed by atoms with E-state index in [9.17, 15) is 4.79 Å². The molecule has 0 aliphatic heterocycles. The number of nitrogens with zero attached hydrogens (tertiary/aromatic N) is 3. The standard InChI is InChI=1S/C22H21N5O3/c1-14-5-6-15(18-13-27-10-4-9-23-21(27)25-18)11-17(14)26-22(28)24-16-7-8-19(29-2)20(12-16)30-3/h4-13H,1-3H3,(H2,24,26,28). The summed E-state index contributed by atoms with van der Waals surface area (Å²) in [7, 11) is 3.11. The molecule has 152 valence electrons. The van der Waals surface area contributed by atoms with Gasteiger partial charge in [-0.25, -0.2) is 14.8 Å². The van der Waals surface area contributed by atoms with Gasteiger partial charge in [-0.15, -0.1) is 0 Å². The molecule has 2 aromatic heterocycles. The summed E-state index contributed by atoms with van der Waals surface area (Å²) in [6.45, 7) is 1.93. The van der Waals surface area contributed by atoms with E-state index in [0.717, 1.165) is 16.8 Å². The molecule has 0 radical (unpaired) electrons. The smallest absolute Gasteiger partial charge is 0.323 e. The fourth-order valence-corrected chi connectivity index (χ4v) is 3.08. The molecule has 4 rings (SSSR count). The Kier molecular flexibility index (Phi) is 5.21. The van der Waals surface area contributed by atoms with Crippen molar-refractivity contribution in [1.29, 1.82) is 0 Å². The minimum absolute atomic E-state index is 0.362. The molecule has 2 aromatic carbocycles. The average Bonchev–Trinajstić information content (AvgIpc) is 3.19. The monoisotopic (exact) mass is 403 g/mol. The number of urea groups is 1. The van der Waals surface area contributed by atoms with Gasteiger partial charge in [0.25, 0.3) is 0 Å². The predicted octanol–water partition coefficient (Wildman–Crippen LogP) is 4.37. The van der Waals surface area contributed by atoms with Gasteiger partial charge in [0.2, 0.25) is 5.78 Å². The number of aryl methyl sites for hydroxylation is 1. The van der Waals surface area contributed by atoms with Gasteiger partial charge in [-0.1, -0.05) is 12.1 Å². The number of benzene rings is 2. The van der Waals surface area contributed by atoms with Gasteiger partial charge in [0, 0.05) is 41.6 Å². The first-order valence-electron chi connectivity index (χ1n) is 9.28. The number of nitrogens with one attached hydrogen (secondary N) is 2. The van der Waals surface area contributed by atoms with Crippen LogP contribution in [0.15, 0.2) is 61.1 Å². The Morgan fingerprint density at radius 2 is 1.87 bits per heavy atom. The fraction of sp³-hybridized carbons (Fsp3) is 0.136. The van der Waals surface area contributed by atoms with Crippen molar-refractivity contribution in [2.75, 3.05) is 24.9 Å². The summed E-state index contributed by atoms with van der Waals surface area (Å²) < 4.78 is 12.3. The Labute approximate surface area is 173 Å². The van der Waals surface area contributed by atoms with Crippen molar-refractivity contribution in [1.82, 2.24) is 14.4 Å². The zero-order chi connectivity index (χ0) is 21.1. The number of methoxy groups -OCH3 is 2. The molecule has 0 spiro atoms. The lowest BCUT2D eigenvalue weighted by molar-refractivity contribution is 0.262. The number of hydrogen-bond donors (Lipinski definition) is 2. The van der Waals surface area contributed by atoms with Crippen LogP contribution >= 0.6 is 0 Å². The Morgan fingerprint density at radius 1 is 1.03 bits per heavy atom. The van der Waals surface area contributed by atoms with Crippen LogP contribution in [0.1, 0.15) is 5.56 Å². The third kappa shape index (κ3) is 3.88. The number of amides is 2. The summed E-state index contributed by atoms with van der Waals surface area (Å²) in [5, 5.41) is 5.71. The fourth-order valence-electron chi connectivity index (χ4n) is 3.08. The molecular formula is C22H21N5O3. The van der Waals surface area contributed by atoms with E-state index in [0.29, 0.717) is 28.7 Å². The molecule has 0 aliphatic rings. The zero-order valence-corrected chi connectivity index (χ0v) is 16.8. The SMILES string of the molecule is COc1ccc(NC(=O)Nc2cc(-c3cn4cccnc4n3)ccc2C)cc1OC. The van der Waals surface area contributed by atoms with E-state index in [1.807, 2.05) is 48.0 Å². The lowest BCUT2D eigenvalue weighted by Crippen LogP contribution is -2.20. The molecule has 30 heavy (non-hydrogen) atoms. The maximum absolute atomic E-state index is 12.6. The normalized spacial score (nSPS) is 10.6. The number of hydrogen-bond acceptors (Lipinski definition) is 5. The largest absolute Gasteiger partial charge is 0.493 e. The Morgan fingerprint density at radius 3 is 2.63 bits per heavy atom. The molecule has 2 heterocycles. The van der Waals surface area contributed by atoms with Gasteiger partial charge in [-0.05, 0) is 36.8 Å². The molecule has 0 fully saturated rings. The van der Waals surface area contributed by atoms with E-state index in [-0.39, 0.29) is 6.03 Å². The number of rotatable bonds is 5. The minimum Gasteiger partial charge on any atom is -0.493 e. The molecule has 0 unspecified atom stereocenters. The van der Waals surface area contributed by atoms with E-state index >= 15 is 0 Å². The molecule has 4 aromatic rings. The lowest BCUT2D eigenvalue weighted by atomic mass is 10.1. The zero-order valence-electron chi connectivity index (χ0n) is 16.8. The van der Waals surface area contributed by atoms with Crippen LogP contribution in [0.3, 0.4) is 0 Å². The van der Waals surface area contributed by atoms with Gasteiger partial charge >= 0.3 is 6.03 Å². The quantitative estimate of drug-likeness (QED) is 0.517. The molecule has 0 saturated carbocycles. The third-order valence-electron chi connectivity index (χ3n) is 4.66. The third-order valence-corrected chi connectivity index (χ3v) is 4.66.